The molecule has 0 aliphatic carbocycles. The van der Waals surface area contributed by atoms with Gasteiger partial charge < -0.3 is 4.57 Å². The Balaban J connectivity index is 2.28. The number of aryl methyl sites for hydroxylation is 1. The highest BCUT2D eigenvalue weighted by molar-refractivity contribution is 7.99. The minimum Gasteiger partial charge on any atom is -0.317 e. The third kappa shape index (κ3) is 2.59. The molecule has 21 heavy (non-hydrogen) atoms. The Labute approximate surface area is 127 Å². The van der Waals surface area contributed by atoms with Gasteiger partial charge in [-0.25, -0.2) is 0 Å². The van der Waals surface area contributed by atoms with E-state index in [1.165, 1.54) is 4.90 Å². The van der Waals surface area contributed by atoms with Gasteiger partial charge >= 0.3 is 0 Å². The topological polar surface area (TPSA) is 34.9 Å². The van der Waals surface area contributed by atoms with Crippen LogP contribution in [0.25, 0.3) is 21.9 Å². The van der Waals surface area contributed by atoms with Gasteiger partial charge in [-0.15, -0.1) is 11.8 Å². The summed E-state index contributed by atoms with van der Waals surface area (Å²) in [6.07, 6.45) is 5.32. The quantitative estimate of drug-likeness (QED) is 0.691. The molecule has 0 saturated carbocycles. The van der Waals surface area contributed by atoms with Crippen LogP contribution in [0, 0.1) is 0 Å². The number of nitrogens with zero attached hydrogens (tertiary/aromatic N) is 2. The molecule has 0 fully saturated rings. The van der Waals surface area contributed by atoms with Crippen LogP contribution in [-0.4, -0.2) is 15.3 Å². The lowest BCUT2D eigenvalue weighted by molar-refractivity contribution is 0.874. The van der Waals surface area contributed by atoms with Gasteiger partial charge in [-0.3, -0.25) is 9.78 Å². The number of hydrogen-bond donors (Lipinski definition) is 0. The molecule has 3 aromatic rings. The summed E-state index contributed by atoms with van der Waals surface area (Å²) in [5, 5.41) is 1.61. The van der Waals surface area contributed by atoms with E-state index >= 15 is 0 Å². The molecule has 0 unspecified atom stereocenters. The molecule has 0 radical (unpaired) electrons. The number of aromatic nitrogens is 2. The van der Waals surface area contributed by atoms with Crippen molar-refractivity contribution in [2.45, 2.75) is 11.8 Å². The van der Waals surface area contributed by atoms with Crippen LogP contribution < -0.4 is 5.56 Å². The third-order valence-corrected chi connectivity index (χ3v) is 4.32. The van der Waals surface area contributed by atoms with Crippen LogP contribution in [0.15, 0.2) is 58.6 Å². The van der Waals surface area contributed by atoms with Gasteiger partial charge in [0.1, 0.15) is 0 Å². The number of hydrogen-bond acceptors (Lipinski definition) is 3. The fourth-order valence-electron chi connectivity index (χ4n) is 2.46. The van der Waals surface area contributed by atoms with Crippen molar-refractivity contribution in [3.8, 4) is 11.1 Å². The van der Waals surface area contributed by atoms with Crippen LogP contribution in [0.2, 0.25) is 0 Å². The fraction of sp³-hybridized carbons (Fsp3) is 0.176. The largest absolute Gasteiger partial charge is 0.317 e. The average Bonchev–Trinajstić information content (AvgIpc) is 2.51. The minimum atomic E-state index is 0.00948. The Kier molecular flexibility index (Phi) is 3.80. The highest BCUT2D eigenvalue weighted by Crippen LogP contribution is 2.29. The van der Waals surface area contributed by atoms with Crippen LogP contribution >= 0.6 is 11.8 Å². The monoisotopic (exact) mass is 296 g/mol. The zero-order chi connectivity index (χ0) is 14.8. The second-order valence-electron chi connectivity index (χ2n) is 4.84. The van der Waals surface area contributed by atoms with Gasteiger partial charge in [-0.2, -0.15) is 0 Å². The summed E-state index contributed by atoms with van der Waals surface area (Å²) in [6.45, 7) is 2.14. The lowest BCUT2D eigenvalue weighted by Gasteiger charge is -2.10. The van der Waals surface area contributed by atoms with E-state index in [2.05, 4.69) is 36.2 Å². The third-order valence-electron chi connectivity index (χ3n) is 3.44. The summed E-state index contributed by atoms with van der Waals surface area (Å²) in [5.41, 5.74) is 2.16. The fourth-order valence-corrected chi connectivity index (χ4v) is 3.18. The second kappa shape index (κ2) is 5.74. The summed E-state index contributed by atoms with van der Waals surface area (Å²) in [5.74, 6) is 1.04. The van der Waals surface area contributed by atoms with Gasteiger partial charge in [0, 0.05) is 41.5 Å². The molecule has 0 spiro atoms. The molecule has 0 aliphatic rings. The van der Waals surface area contributed by atoms with Gasteiger partial charge in [-0.1, -0.05) is 19.1 Å². The maximum atomic E-state index is 12.2. The summed E-state index contributed by atoms with van der Waals surface area (Å²) < 4.78 is 1.64. The number of thioether (sulfide) groups is 1. The summed E-state index contributed by atoms with van der Waals surface area (Å²) in [6, 6.07) is 10.2. The first-order valence-corrected chi connectivity index (χ1v) is 7.86. The predicted octanol–water partition coefficient (Wildman–Crippen LogP) is 3.71. The van der Waals surface area contributed by atoms with E-state index in [0.29, 0.717) is 5.39 Å². The van der Waals surface area contributed by atoms with Crippen molar-refractivity contribution in [3.05, 3.63) is 59.3 Å². The zero-order valence-corrected chi connectivity index (χ0v) is 12.9. The van der Waals surface area contributed by atoms with Crippen molar-refractivity contribution in [1.29, 1.82) is 0 Å². The van der Waals surface area contributed by atoms with E-state index in [1.807, 2.05) is 18.0 Å². The van der Waals surface area contributed by atoms with Gasteiger partial charge in [0.2, 0.25) is 0 Å². The van der Waals surface area contributed by atoms with Crippen LogP contribution in [-0.2, 0) is 7.05 Å². The first kappa shape index (κ1) is 13.9. The predicted molar refractivity (Wildman–Crippen MR) is 88.8 cm³/mol. The van der Waals surface area contributed by atoms with Gasteiger partial charge in [-0.05, 0) is 29.5 Å². The smallest absolute Gasteiger partial charge is 0.258 e. The van der Waals surface area contributed by atoms with Crippen LogP contribution in [0.3, 0.4) is 0 Å². The van der Waals surface area contributed by atoms with Crippen molar-refractivity contribution in [2.24, 2.45) is 7.05 Å². The molecular weight excluding hydrogens is 280 g/mol. The zero-order valence-electron chi connectivity index (χ0n) is 12.0. The molecule has 0 saturated heterocycles. The molecule has 0 atom stereocenters. The first-order valence-electron chi connectivity index (χ1n) is 6.87. The number of pyridine rings is 2. The van der Waals surface area contributed by atoms with Gasteiger partial charge in [0.05, 0.1) is 5.39 Å². The van der Waals surface area contributed by atoms with Gasteiger partial charge in [0.25, 0.3) is 5.56 Å². The Morgan fingerprint density at radius 3 is 2.90 bits per heavy atom. The van der Waals surface area contributed by atoms with E-state index in [-0.39, 0.29) is 5.56 Å². The standard InChI is InChI=1S/C17H16N2OS/c1-3-21-13-6-4-5-12(9-13)16-11-19(2)17(20)14-7-8-18-10-15(14)16/h4-11H,3H2,1-2H3. The highest BCUT2D eigenvalue weighted by atomic mass is 32.2. The molecule has 3 nitrogen and oxygen atoms in total. The van der Waals surface area contributed by atoms with Crippen LogP contribution in [0.4, 0.5) is 0 Å². The van der Waals surface area contributed by atoms with Crippen molar-refractivity contribution >= 4 is 22.5 Å². The lowest BCUT2D eigenvalue weighted by atomic mass is 10.0. The molecule has 3 rings (SSSR count). The minimum absolute atomic E-state index is 0.00948. The molecular formula is C17H16N2OS. The Hall–Kier alpha value is -2.07. The van der Waals surface area contributed by atoms with Crippen molar-refractivity contribution in [2.75, 3.05) is 5.75 Å². The molecule has 2 aromatic heterocycles. The molecule has 106 valence electrons. The molecule has 0 bridgehead atoms. The molecule has 0 aliphatic heterocycles. The maximum Gasteiger partial charge on any atom is 0.258 e. The Bertz CT molecular complexity index is 855. The van der Waals surface area contributed by atoms with E-state index in [9.17, 15) is 4.79 Å². The van der Waals surface area contributed by atoms with E-state index < -0.39 is 0 Å². The average molecular weight is 296 g/mol. The lowest BCUT2D eigenvalue weighted by Crippen LogP contribution is -2.16. The Morgan fingerprint density at radius 2 is 2.10 bits per heavy atom. The van der Waals surface area contributed by atoms with Crippen molar-refractivity contribution in [1.82, 2.24) is 9.55 Å². The van der Waals surface area contributed by atoms with E-state index in [1.54, 1.807) is 30.1 Å². The molecule has 0 N–H and O–H groups in total. The van der Waals surface area contributed by atoms with Crippen molar-refractivity contribution < 1.29 is 0 Å². The number of benzene rings is 1. The first-order chi connectivity index (χ1) is 10.2. The number of rotatable bonds is 3. The molecule has 2 heterocycles. The summed E-state index contributed by atoms with van der Waals surface area (Å²) in [7, 11) is 1.79. The highest BCUT2D eigenvalue weighted by Gasteiger charge is 2.09. The number of fused-ring (bicyclic) bond motifs is 1. The van der Waals surface area contributed by atoms with Crippen molar-refractivity contribution in [3.63, 3.8) is 0 Å². The van der Waals surface area contributed by atoms with Crippen LogP contribution in [0.1, 0.15) is 6.92 Å². The Morgan fingerprint density at radius 1 is 1.24 bits per heavy atom. The van der Waals surface area contributed by atoms with Crippen LogP contribution in [0.5, 0.6) is 0 Å². The SMILES string of the molecule is CCSc1cccc(-c2cn(C)c(=O)c3ccncc23)c1. The summed E-state index contributed by atoms with van der Waals surface area (Å²) >= 11 is 1.81. The normalized spacial score (nSPS) is 11.0. The molecule has 1 aromatic carbocycles. The van der Waals surface area contributed by atoms with E-state index in [0.717, 1.165) is 22.3 Å². The molecule has 4 heteroatoms. The van der Waals surface area contributed by atoms with E-state index in [4.69, 9.17) is 0 Å². The molecule has 0 amide bonds. The van der Waals surface area contributed by atoms with Gasteiger partial charge in [0.15, 0.2) is 0 Å². The second-order valence-corrected chi connectivity index (χ2v) is 6.18. The maximum absolute atomic E-state index is 12.2. The summed E-state index contributed by atoms with van der Waals surface area (Å²) in [4.78, 5) is 17.6.